The Labute approximate surface area is 139 Å². The third-order valence-corrected chi connectivity index (χ3v) is 5.90. The second kappa shape index (κ2) is 5.43. The number of benzene rings is 1. The third kappa shape index (κ3) is 2.41. The molecule has 0 aliphatic rings. The number of rotatable bonds is 3. The van der Waals surface area contributed by atoms with E-state index >= 15 is 0 Å². The lowest BCUT2D eigenvalue weighted by atomic mass is 10.4. The third-order valence-electron chi connectivity index (χ3n) is 3.39. The molecule has 0 bridgehead atoms. The molecule has 0 radical (unpaired) electrons. The molecule has 0 atom stereocenters. The minimum Gasteiger partial charge on any atom is -0.358 e. The van der Waals surface area contributed by atoms with Crippen molar-refractivity contribution in [1.82, 2.24) is 9.38 Å². The number of hydrogen-bond donors (Lipinski definition) is 0. The second-order valence-electron chi connectivity index (χ2n) is 4.77. The van der Waals surface area contributed by atoms with E-state index in [0.29, 0.717) is 10.2 Å². The van der Waals surface area contributed by atoms with Gasteiger partial charge in [0.25, 0.3) is 5.03 Å². The highest BCUT2D eigenvalue weighted by Crippen LogP contribution is 2.32. The van der Waals surface area contributed by atoms with Crippen LogP contribution in [0.25, 0.3) is 5.65 Å². The van der Waals surface area contributed by atoms with Crippen LogP contribution in [0.1, 0.15) is 5.69 Å². The predicted molar refractivity (Wildman–Crippen MR) is 86.2 cm³/mol. The van der Waals surface area contributed by atoms with Gasteiger partial charge in [-0.2, -0.15) is 9.38 Å². The summed E-state index contributed by atoms with van der Waals surface area (Å²) in [7, 11) is -4.10. The molecule has 0 aliphatic heterocycles. The van der Waals surface area contributed by atoms with Crippen molar-refractivity contribution in [3.05, 3.63) is 62.7 Å². The molecular formula is C14H10BrN3O4S. The van der Waals surface area contributed by atoms with Crippen molar-refractivity contribution >= 4 is 37.2 Å². The first-order chi connectivity index (χ1) is 10.8. The molecule has 7 nitrogen and oxygen atoms in total. The quantitative estimate of drug-likeness (QED) is 0.501. The van der Waals surface area contributed by atoms with E-state index in [2.05, 4.69) is 20.9 Å². The van der Waals surface area contributed by atoms with Crippen molar-refractivity contribution < 1.29 is 13.3 Å². The molecule has 3 aromatic rings. The lowest BCUT2D eigenvalue weighted by Gasteiger charge is -2.02. The van der Waals surface area contributed by atoms with Crippen molar-refractivity contribution in [2.75, 3.05) is 0 Å². The number of aromatic nitrogens is 2. The molecule has 0 spiro atoms. The lowest BCUT2D eigenvalue weighted by Crippen LogP contribution is -2.07. The fourth-order valence-electron chi connectivity index (χ4n) is 2.28. The van der Waals surface area contributed by atoms with E-state index in [1.165, 1.54) is 22.6 Å². The molecule has 0 amide bonds. The maximum atomic E-state index is 12.7. The van der Waals surface area contributed by atoms with Gasteiger partial charge in [-0.1, -0.05) is 18.2 Å². The summed E-state index contributed by atoms with van der Waals surface area (Å²) in [6, 6.07) is 10.7. The summed E-state index contributed by atoms with van der Waals surface area (Å²) >= 11 is 3.28. The molecule has 2 aromatic heterocycles. The molecule has 9 heteroatoms. The molecule has 0 fully saturated rings. The van der Waals surface area contributed by atoms with Gasteiger partial charge in [0.2, 0.25) is 15.5 Å². The number of nitro groups is 1. The van der Waals surface area contributed by atoms with Gasteiger partial charge < -0.3 is 10.1 Å². The number of nitrogens with zero attached hydrogens (tertiary/aromatic N) is 3. The topological polar surface area (TPSA) is 94.6 Å². The molecule has 3 rings (SSSR count). The zero-order valence-corrected chi connectivity index (χ0v) is 14.2. The van der Waals surface area contributed by atoms with Gasteiger partial charge in [0.05, 0.1) is 9.37 Å². The van der Waals surface area contributed by atoms with Crippen molar-refractivity contribution in [1.29, 1.82) is 0 Å². The van der Waals surface area contributed by atoms with Crippen molar-refractivity contribution in [2.24, 2.45) is 0 Å². The van der Waals surface area contributed by atoms with Crippen molar-refractivity contribution in [3.63, 3.8) is 0 Å². The van der Waals surface area contributed by atoms with E-state index < -0.39 is 25.6 Å². The zero-order valence-electron chi connectivity index (χ0n) is 11.8. The molecule has 0 saturated carbocycles. The van der Waals surface area contributed by atoms with Gasteiger partial charge >= 0.3 is 5.82 Å². The second-order valence-corrected chi connectivity index (χ2v) is 7.49. The fraction of sp³-hybridized carbons (Fsp3) is 0.0714. The van der Waals surface area contributed by atoms with E-state index in [-0.39, 0.29) is 10.5 Å². The fourth-order valence-corrected chi connectivity index (χ4v) is 3.95. The van der Waals surface area contributed by atoms with E-state index in [1.54, 1.807) is 31.2 Å². The van der Waals surface area contributed by atoms with Gasteiger partial charge in [-0.25, -0.2) is 8.42 Å². The molecule has 1 aromatic carbocycles. The Bertz CT molecular complexity index is 1030. The Morgan fingerprint density at radius 2 is 1.83 bits per heavy atom. The van der Waals surface area contributed by atoms with Crippen LogP contribution in [-0.2, 0) is 9.84 Å². The average molecular weight is 396 g/mol. The normalized spacial score (nSPS) is 11.7. The minimum absolute atomic E-state index is 0.0387. The smallest absolute Gasteiger partial charge is 0.358 e. The molecule has 23 heavy (non-hydrogen) atoms. The Morgan fingerprint density at radius 1 is 1.17 bits per heavy atom. The highest BCUT2D eigenvalue weighted by Gasteiger charge is 2.34. The Balaban J connectivity index is 2.42. The predicted octanol–water partition coefficient (Wildman–Crippen LogP) is 3.15. The summed E-state index contributed by atoms with van der Waals surface area (Å²) in [6.45, 7) is 1.64. The van der Waals surface area contributed by atoms with Crippen molar-refractivity contribution in [3.8, 4) is 0 Å². The largest absolute Gasteiger partial charge is 0.367 e. The van der Waals surface area contributed by atoms with Crippen LogP contribution in [0.15, 0.2) is 56.9 Å². The first-order valence-electron chi connectivity index (χ1n) is 6.46. The van der Waals surface area contributed by atoms with Crippen LogP contribution in [0.4, 0.5) is 5.82 Å². The Kier molecular flexibility index (Phi) is 3.69. The molecule has 2 heterocycles. The Morgan fingerprint density at radius 3 is 2.43 bits per heavy atom. The van der Waals surface area contributed by atoms with Crippen LogP contribution in [0.5, 0.6) is 0 Å². The number of aryl methyl sites for hydroxylation is 1. The summed E-state index contributed by atoms with van der Waals surface area (Å²) in [5, 5.41) is 10.9. The lowest BCUT2D eigenvalue weighted by molar-refractivity contribution is -0.393. The van der Waals surface area contributed by atoms with E-state index in [4.69, 9.17) is 0 Å². The van der Waals surface area contributed by atoms with Gasteiger partial charge in [-0.3, -0.25) is 0 Å². The summed E-state index contributed by atoms with van der Waals surface area (Å²) in [4.78, 5) is 14.7. The first-order valence-corrected chi connectivity index (χ1v) is 8.73. The number of pyridine rings is 1. The maximum Gasteiger partial charge on any atom is 0.367 e. The van der Waals surface area contributed by atoms with Crippen LogP contribution < -0.4 is 0 Å². The van der Waals surface area contributed by atoms with Crippen molar-refractivity contribution in [2.45, 2.75) is 16.8 Å². The van der Waals surface area contributed by atoms with E-state index in [9.17, 15) is 18.5 Å². The monoisotopic (exact) mass is 395 g/mol. The molecule has 0 unspecified atom stereocenters. The summed E-state index contributed by atoms with van der Waals surface area (Å²) < 4.78 is 27.3. The first kappa shape index (κ1) is 15.6. The van der Waals surface area contributed by atoms with E-state index in [0.717, 1.165) is 0 Å². The number of halogens is 1. The average Bonchev–Trinajstić information content (AvgIpc) is 2.93. The maximum absolute atomic E-state index is 12.7. The van der Waals surface area contributed by atoms with Gasteiger partial charge in [-0.15, -0.1) is 0 Å². The van der Waals surface area contributed by atoms with E-state index in [1.807, 2.05) is 0 Å². The number of sulfone groups is 1. The molecule has 0 N–H and O–H groups in total. The number of imidazole rings is 1. The Hall–Kier alpha value is -2.26. The molecule has 0 aliphatic carbocycles. The summed E-state index contributed by atoms with van der Waals surface area (Å²) in [5.74, 6) is -0.567. The zero-order chi connectivity index (χ0) is 16.8. The number of fused-ring (bicyclic) bond motifs is 1. The van der Waals surface area contributed by atoms with Crippen LogP contribution in [0.3, 0.4) is 0 Å². The van der Waals surface area contributed by atoms with Gasteiger partial charge in [-0.05, 0) is 46.0 Å². The highest BCUT2D eigenvalue weighted by atomic mass is 79.9. The van der Waals surface area contributed by atoms with Crippen LogP contribution >= 0.6 is 15.9 Å². The SMILES string of the molecule is Cc1c(Br)ccc2nc(S(=O)(=O)c3ccccc3)c([N+](=O)[O-])n12. The van der Waals surface area contributed by atoms with Crippen LogP contribution in [0, 0.1) is 17.0 Å². The standard InChI is InChI=1S/C14H10BrN3O4S/c1-9-11(15)7-8-12-16-13(14(17(9)12)18(19)20)23(21,22)10-5-3-2-4-6-10/h2-8H,1H3. The van der Waals surface area contributed by atoms with Gasteiger partial charge in [0, 0.05) is 6.07 Å². The highest BCUT2D eigenvalue weighted by molar-refractivity contribution is 9.10. The van der Waals surface area contributed by atoms with Gasteiger partial charge in [0.15, 0.2) is 0 Å². The summed E-state index contributed by atoms with van der Waals surface area (Å²) in [5.41, 5.74) is 0.697. The molecule has 0 saturated heterocycles. The summed E-state index contributed by atoms with van der Waals surface area (Å²) in [6.07, 6.45) is 0. The minimum atomic E-state index is -4.10. The van der Waals surface area contributed by atoms with Crippen LogP contribution in [0.2, 0.25) is 0 Å². The molecular weight excluding hydrogens is 386 g/mol. The van der Waals surface area contributed by atoms with Gasteiger partial charge in [0.1, 0.15) is 5.69 Å². The molecule has 118 valence electrons. The van der Waals surface area contributed by atoms with Crippen LogP contribution in [-0.4, -0.2) is 22.7 Å². The number of hydrogen-bond acceptors (Lipinski definition) is 5.